The van der Waals surface area contributed by atoms with Crippen LogP contribution in [0.2, 0.25) is 0 Å². The van der Waals surface area contributed by atoms with Gasteiger partial charge in [-0.15, -0.1) is 0 Å². The summed E-state index contributed by atoms with van der Waals surface area (Å²) >= 11 is 6.41. The van der Waals surface area contributed by atoms with E-state index in [1.165, 1.54) is 0 Å². The summed E-state index contributed by atoms with van der Waals surface area (Å²) in [7, 11) is 0. The standard InChI is InChI=1S/C17H14ClN/c1-12-8-13(2)10-15(9-12)17(18)16(11-19)14-6-4-3-5-7-14/h3-10H,1-2H3. The first kappa shape index (κ1) is 13.4. The second-order valence-corrected chi connectivity index (χ2v) is 4.92. The van der Waals surface area contributed by atoms with E-state index in [1.807, 2.05) is 56.3 Å². The summed E-state index contributed by atoms with van der Waals surface area (Å²) in [6.45, 7) is 4.05. The molecule has 2 aromatic carbocycles. The van der Waals surface area contributed by atoms with E-state index < -0.39 is 0 Å². The number of aryl methyl sites for hydroxylation is 2. The highest BCUT2D eigenvalue weighted by atomic mass is 35.5. The smallest absolute Gasteiger partial charge is 0.101 e. The van der Waals surface area contributed by atoms with Crippen LogP contribution in [-0.2, 0) is 0 Å². The minimum absolute atomic E-state index is 0.500. The second-order valence-electron chi connectivity index (χ2n) is 4.54. The van der Waals surface area contributed by atoms with Crippen molar-refractivity contribution in [1.29, 1.82) is 5.26 Å². The van der Waals surface area contributed by atoms with Gasteiger partial charge in [0.15, 0.2) is 0 Å². The molecule has 1 nitrogen and oxygen atoms in total. The molecular formula is C17H14ClN. The van der Waals surface area contributed by atoms with Gasteiger partial charge in [0.25, 0.3) is 0 Å². The van der Waals surface area contributed by atoms with Crippen molar-refractivity contribution in [2.24, 2.45) is 0 Å². The van der Waals surface area contributed by atoms with Crippen LogP contribution in [0.3, 0.4) is 0 Å². The van der Waals surface area contributed by atoms with Crippen molar-refractivity contribution in [2.45, 2.75) is 13.8 Å². The number of rotatable bonds is 2. The van der Waals surface area contributed by atoms with Gasteiger partial charge in [0, 0.05) is 0 Å². The third kappa shape index (κ3) is 3.05. The molecule has 0 unspecified atom stereocenters. The Balaban J connectivity index is 2.59. The third-order valence-corrected chi connectivity index (χ3v) is 3.28. The van der Waals surface area contributed by atoms with Gasteiger partial charge in [0.1, 0.15) is 6.07 Å². The molecule has 0 heterocycles. The number of hydrogen-bond acceptors (Lipinski definition) is 1. The van der Waals surface area contributed by atoms with Crippen LogP contribution in [0.25, 0.3) is 10.6 Å². The van der Waals surface area contributed by atoms with Gasteiger partial charge in [0.2, 0.25) is 0 Å². The molecule has 0 spiro atoms. The van der Waals surface area contributed by atoms with Crippen LogP contribution in [-0.4, -0.2) is 0 Å². The van der Waals surface area contributed by atoms with E-state index in [0.29, 0.717) is 10.6 Å². The molecule has 0 bridgehead atoms. The lowest BCUT2D eigenvalue weighted by atomic mass is 10.0. The lowest BCUT2D eigenvalue weighted by Crippen LogP contribution is -1.88. The zero-order chi connectivity index (χ0) is 13.8. The van der Waals surface area contributed by atoms with Gasteiger partial charge < -0.3 is 0 Å². The van der Waals surface area contributed by atoms with E-state index >= 15 is 0 Å². The summed E-state index contributed by atoms with van der Waals surface area (Å²) in [5, 5.41) is 9.86. The maximum absolute atomic E-state index is 9.36. The van der Waals surface area contributed by atoms with Crippen molar-refractivity contribution in [1.82, 2.24) is 0 Å². The van der Waals surface area contributed by atoms with E-state index in [2.05, 4.69) is 12.1 Å². The Morgan fingerprint density at radius 2 is 1.53 bits per heavy atom. The number of halogens is 1. The van der Waals surface area contributed by atoms with E-state index in [0.717, 1.165) is 22.3 Å². The van der Waals surface area contributed by atoms with Crippen molar-refractivity contribution in [3.63, 3.8) is 0 Å². The molecule has 0 saturated carbocycles. The monoisotopic (exact) mass is 267 g/mol. The quantitative estimate of drug-likeness (QED) is 0.559. The largest absolute Gasteiger partial charge is 0.192 e. The molecule has 0 saturated heterocycles. The van der Waals surface area contributed by atoms with Crippen LogP contribution in [0.4, 0.5) is 0 Å². The summed E-state index contributed by atoms with van der Waals surface area (Å²) in [5.74, 6) is 0. The van der Waals surface area contributed by atoms with E-state index in [4.69, 9.17) is 11.6 Å². The average Bonchev–Trinajstić information content (AvgIpc) is 2.39. The summed E-state index contributed by atoms with van der Waals surface area (Å²) in [6.07, 6.45) is 0. The molecule has 94 valence electrons. The summed E-state index contributed by atoms with van der Waals surface area (Å²) in [6, 6.07) is 17.8. The Hall–Kier alpha value is -2.04. The highest BCUT2D eigenvalue weighted by Crippen LogP contribution is 2.30. The normalized spacial score (nSPS) is 11.7. The highest BCUT2D eigenvalue weighted by Gasteiger charge is 2.09. The van der Waals surface area contributed by atoms with Crippen LogP contribution in [0.1, 0.15) is 22.3 Å². The number of nitriles is 1. The van der Waals surface area contributed by atoms with Crippen LogP contribution >= 0.6 is 11.6 Å². The molecule has 0 aromatic heterocycles. The molecule has 0 N–H and O–H groups in total. The molecule has 2 aromatic rings. The van der Waals surface area contributed by atoms with Crippen molar-refractivity contribution >= 4 is 22.2 Å². The summed E-state index contributed by atoms with van der Waals surface area (Å²) < 4.78 is 0. The van der Waals surface area contributed by atoms with E-state index in [9.17, 15) is 5.26 Å². The molecule has 0 aliphatic rings. The lowest BCUT2D eigenvalue weighted by molar-refractivity contribution is 1.37. The molecule has 0 fully saturated rings. The Labute approximate surface area is 118 Å². The fraction of sp³-hybridized carbons (Fsp3) is 0.118. The number of nitrogens with zero attached hydrogens (tertiary/aromatic N) is 1. The summed E-state index contributed by atoms with van der Waals surface area (Å²) in [5.41, 5.74) is 4.51. The number of benzene rings is 2. The third-order valence-electron chi connectivity index (χ3n) is 2.87. The minimum atomic E-state index is 0.500. The average molecular weight is 268 g/mol. The Morgan fingerprint density at radius 3 is 2.05 bits per heavy atom. The molecule has 19 heavy (non-hydrogen) atoms. The Bertz CT molecular complexity index is 643. The molecular weight excluding hydrogens is 254 g/mol. The van der Waals surface area contributed by atoms with Gasteiger partial charge in [-0.1, -0.05) is 71.3 Å². The molecule has 2 rings (SSSR count). The van der Waals surface area contributed by atoms with Gasteiger partial charge in [-0.05, 0) is 25.0 Å². The first-order valence-electron chi connectivity index (χ1n) is 6.06. The van der Waals surface area contributed by atoms with Crippen LogP contribution in [0, 0.1) is 25.2 Å². The number of hydrogen-bond donors (Lipinski definition) is 0. The fourth-order valence-electron chi connectivity index (χ4n) is 2.09. The Morgan fingerprint density at radius 1 is 0.947 bits per heavy atom. The van der Waals surface area contributed by atoms with Gasteiger partial charge in [-0.25, -0.2) is 0 Å². The predicted molar refractivity (Wildman–Crippen MR) is 80.6 cm³/mol. The van der Waals surface area contributed by atoms with Crippen molar-refractivity contribution < 1.29 is 0 Å². The maximum atomic E-state index is 9.36. The zero-order valence-corrected chi connectivity index (χ0v) is 11.7. The highest BCUT2D eigenvalue weighted by molar-refractivity contribution is 6.53. The minimum Gasteiger partial charge on any atom is -0.192 e. The maximum Gasteiger partial charge on any atom is 0.101 e. The molecule has 0 radical (unpaired) electrons. The van der Waals surface area contributed by atoms with Gasteiger partial charge in [-0.3, -0.25) is 0 Å². The SMILES string of the molecule is Cc1cc(C)cc(C(Cl)=C(C#N)c2ccccc2)c1. The van der Waals surface area contributed by atoms with Crippen molar-refractivity contribution in [2.75, 3.05) is 0 Å². The van der Waals surface area contributed by atoms with Crippen molar-refractivity contribution in [3.05, 3.63) is 70.8 Å². The predicted octanol–water partition coefficient (Wildman–Crippen LogP) is 4.93. The van der Waals surface area contributed by atoms with E-state index in [-0.39, 0.29) is 0 Å². The Kier molecular flexibility index (Phi) is 4.04. The van der Waals surface area contributed by atoms with Gasteiger partial charge >= 0.3 is 0 Å². The number of allylic oxidation sites excluding steroid dienone is 1. The lowest BCUT2D eigenvalue weighted by Gasteiger charge is -2.07. The van der Waals surface area contributed by atoms with Crippen LogP contribution in [0.5, 0.6) is 0 Å². The van der Waals surface area contributed by atoms with E-state index in [1.54, 1.807) is 0 Å². The molecule has 0 amide bonds. The van der Waals surface area contributed by atoms with Gasteiger partial charge in [-0.2, -0.15) is 5.26 Å². The molecule has 2 heteroatoms. The van der Waals surface area contributed by atoms with Crippen LogP contribution in [0.15, 0.2) is 48.5 Å². The van der Waals surface area contributed by atoms with Crippen molar-refractivity contribution in [3.8, 4) is 6.07 Å². The molecule has 0 aliphatic heterocycles. The van der Waals surface area contributed by atoms with Gasteiger partial charge in [0.05, 0.1) is 10.6 Å². The fourth-order valence-corrected chi connectivity index (χ4v) is 2.35. The zero-order valence-electron chi connectivity index (χ0n) is 10.9. The first-order valence-corrected chi connectivity index (χ1v) is 6.43. The van der Waals surface area contributed by atoms with Crippen LogP contribution < -0.4 is 0 Å². The topological polar surface area (TPSA) is 23.8 Å². The molecule has 0 atom stereocenters. The second kappa shape index (κ2) is 5.73. The summed E-state index contributed by atoms with van der Waals surface area (Å²) in [4.78, 5) is 0. The molecule has 0 aliphatic carbocycles. The first-order chi connectivity index (χ1) is 9.11.